The van der Waals surface area contributed by atoms with Crippen LogP contribution in [0.1, 0.15) is 17.2 Å². The van der Waals surface area contributed by atoms with Gasteiger partial charge < -0.3 is 15.4 Å². The molecule has 4 rings (SSSR count). The summed E-state index contributed by atoms with van der Waals surface area (Å²) >= 11 is 11.4. The Morgan fingerprint density at radius 2 is 1.86 bits per heavy atom. The molecule has 0 fully saturated rings. The van der Waals surface area contributed by atoms with Gasteiger partial charge in [0.25, 0.3) is 0 Å². The Balaban J connectivity index is 1.84. The Hall–Kier alpha value is -2.04. The first kappa shape index (κ1) is 13.6. The van der Waals surface area contributed by atoms with E-state index in [0.29, 0.717) is 11.7 Å². The summed E-state index contributed by atoms with van der Waals surface area (Å²) in [4.78, 5) is 0. The molecule has 2 aromatic carbocycles. The van der Waals surface area contributed by atoms with Gasteiger partial charge in [0.2, 0.25) is 0 Å². The minimum atomic E-state index is -0.00521. The number of hydrogen-bond acceptors (Lipinski definition) is 2. The standard InChI is InChI=1S/C17H13ClN2OS/c18-11-7-5-10(6-8-11)15-13-9-21-14-4-2-1-3-12(14)16(13)20-17(22)19-15/h1-8,15H,9H2,(H2,19,20,22)/t15-/m0/s1. The van der Waals surface area contributed by atoms with Crippen LogP contribution < -0.4 is 15.4 Å². The molecule has 0 radical (unpaired) electrons. The molecule has 22 heavy (non-hydrogen) atoms. The van der Waals surface area contributed by atoms with Crippen LogP contribution in [0.15, 0.2) is 54.1 Å². The molecule has 0 unspecified atom stereocenters. The van der Waals surface area contributed by atoms with Crippen molar-refractivity contribution in [2.45, 2.75) is 6.04 Å². The van der Waals surface area contributed by atoms with Crippen molar-refractivity contribution >= 4 is 34.6 Å². The molecule has 5 heteroatoms. The average Bonchev–Trinajstić information content (AvgIpc) is 2.55. The topological polar surface area (TPSA) is 33.3 Å². The molecule has 0 aliphatic carbocycles. The van der Waals surface area contributed by atoms with E-state index in [2.05, 4.69) is 10.6 Å². The van der Waals surface area contributed by atoms with Crippen molar-refractivity contribution in [2.75, 3.05) is 6.61 Å². The van der Waals surface area contributed by atoms with Crippen LogP contribution in [0, 0.1) is 0 Å². The molecule has 3 nitrogen and oxygen atoms in total. The van der Waals surface area contributed by atoms with Crippen LogP contribution in [0.4, 0.5) is 0 Å². The van der Waals surface area contributed by atoms with Gasteiger partial charge in [-0.2, -0.15) is 0 Å². The van der Waals surface area contributed by atoms with E-state index in [9.17, 15) is 0 Å². The number of nitrogens with one attached hydrogen (secondary N) is 2. The SMILES string of the molecule is S=C1NC2=C(COc3ccccc32)[C@H](c2ccc(Cl)cc2)N1. The lowest BCUT2D eigenvalue weighted by Crippen LogP contribution is -2.45. The highest BCUT2D eigenvalue weighted by Crippen LogP contribution is 2.38. The Morgan fingerprint density at radius 3 is 2.68 bits per heavy atom. The van der Waals surface area contributed by atoms with Gasteiger partial charge in [-0.05, 0) is 42.0 Å². The third kappa shape index (κ3) is 2.25. The van der Waals surface area contributed by atoms with Crippen LogP contribution in [0.25, 0.3) is 5.70 Å². The second-order valence-corrected chi connectivity index (χ2v) is 6.11. The summed E-state index contributed by atoms with van der Waals surface area (Å²) in [5.74, 6) is 0.883. The summed E-state index contributed by atoms with van der Waals surface area (Å²) in [6, 6.07) is 15.8. The van der Waals surface area contributed by atoms with Crippen LogP contribution >= 0.6 is 23.8 Å². The molecule has 2 N–H and O–H groups in total. The molecular weight excluding hydrogens is 316 g/mol. The molecular formula is C17H13ClN2OS. The number of fused-ring (bicyclic) bond motifs is 2. The molecule has 0 spiro atoms. The first-order valence-electron chi connectivity index (χ1n) is 7.00. The fourth-order valence-corrected chi connectivity index (χ4v) is 3.23. The van der Waals surface area contributed by atoms with E-state index in [0.717, 1.165) is 33.2 Å². The van der Waals surface area contributed by atoms with E-state index >= 15 is 0 Å². The summed E-state index contributed by atoms with van der Waals surface area (Å²) in [6.07, 6.45) is 0. The molecule has 2 aromatic rings. The van der Waals surface area contributed by atoms with Crippen LogP contribution in [0.5, 0.6) is 5.75 Å². The molecule has 2 aliphatic heterocycles. The van der Waals surface area contributed by atoms with Crippen molar-refractivity contribution in [1.29, 1.82) is 0 Å². The lowest BCUT2D eigenvalue weighted by Gasteiger charge is -2.35. The summed E-state index contributed by atoms with van der Waals surface area (Å²) < 4.78 is 5.90. The third-order valence-electron chi connectivity index (χ3n) is 3.93. The van der Waals surface area contributed by atoms with Gasteiger partial charge in [-0.3, -0.25) is 0 Å². The predicted molar refractivity (Wildman–Crippen MR) is 91.9 cm³/mol. The van der Waals surface area contributed by atoms with Crippen molar-refractivity contribution in [1.82, 2.24) is 10.6 Å². The molecule has 2 heterocycles. The molecule has 0 saturated carbocycles. The minimum absolute atomic E-state index is 0.00521. The zero-order chi connectivity index (χ0) is 15.1. The lowest BCUT2D eigenvalue weighted by atomic mass is 9.92. The van der Waals surface area contributed by atoms with Gasteiger partial charge in [0.05, 0.1) is 11.7 Å². The number of ether oxygens (including phenoxy) is 1. The van der Waals surface area contributed by atoms with Gasteiger partial charge in [-0.1, -0.05) is 35.9 Å². The highest BCUT2D eigenvalue weighted by Gasteiger charge is 2.31. The fraction of sp³-hybridized carbons (Fsp3) is 0.118. The maximum absolute atomic E-state index is 5.99. The van der Waals surface area contributed by atoms with E-state index < -0.39 is 0 Å². The zero-order valence-corrected chi connectivity index (χ0v) is 13.2. The Kier molecular flexibility index (Phi) is 3.28. The molecule has 110 valence electrons. The second-order valence-electron chi connectivity index (χ2n) is 5.27. The van der Waals surface area contributed by atoms with Crippen LogP contribution in [0.2, 0.25) is 5.02 Å². The predicted octanol–water partition coefficient (Wildman–Crippen LogP) is 3.66. The first-order valence-corrected chi connectivity index (χ1v) is 7.79. The van der Waals surface area contributed by atoms with Gasteiger partial charge in [0.15, 0.2) is 5.11 Å². The molecule has 1 atom stereocenters. The monoisotopic (exact) mass is 328 g/mol. The van der Waals surface area contributed by atoms with Gasteiger partial charge in [0.1, 0.15) is 12.4 Å². The van der Waals surface area contributed by atoms with E-state index in [-0.39, 0.29) is 6.04 Å². The number of hydrogen-bond donors (Lipinski definition) is 2. The molecule has 2 aliphatic rings. The summed E-state index contributed by atoms with van der Waals surface area (Å²) in [5.41, 5.74) is 4.36. The van der Waals surface area contributed by atoms with E-state index in [1.165, 1.54) is 0 Å². The molecule has 0 aromatic heterocycles. The lowest BCUT2D eigenvalue weighted by molar-refractivity contribution is 0.332. The third-order valence-corrected chi connectivity index (χ3v) is 4.40. The molecule has 0 amide bonds. The van der Waals surface area contributed by atoms with Crippen molar-refractivity contribution < 1.29 is 4.74 Å². The van der Waals surface area contributed by atoms with E-state index in [1.807, 2.05) is 48.5 Å². The smallest absolute Gasteiger partial charge is 0.171 e. The Labute approximate surface area is 138 Å². The van der Waals surface area contributed by atoms with Gasteiger partial charge in [-0.25, -0.2) is 0 Å². The maximum atomic E-state index is 5.99. The van der Waals surface area contributed by atoms with Crippen LogP contribution in [-0.4, -0.2) is 11.7 Å². The number of thiocarbonyl (C=S) groups is 1. The Bertz CT molecular complexity index is 786. The summed E-state index contributed by atoms with van der Waals surface area (Å²) in [5, 5.41) is 7.94. The van der Waals surface area contributed by atoms with Crippen LogP contribution in [-0.2, 0) is 0 Å². The van der Waals surface area contributed by atoms with Gasteiger partial charge in [0, 0.05) is 16.2 Å². The second kappa shape index (κ2) is 5.30. The van der Waals surface area contributed by atoms with Gasteiger partial charge >= 0.3 is 0 Å². The highest BCUT2D eigenvalue weighted by atomic mass is 35.5. The number of para-hydroxylation sites is 1. The normalized spacial score (nSPS) is 19.5. The summed E-state index contributed by atoms with van der Waals surface area (Å²) in [6.45, 7) is 0.530. The number of halogens is 1. The fourth-order valence-electron chi connectivity index (χ4n) is 2.88. The minimum Gasteiger partial charge on any atom is -0.488 e. The van der Waals surface area contributed by atoms with Crippen molar-refractivity contribution in [2.24, 2.45) is 0 Å². The quantitative estimate of drug-likeness (QED) is 0.783. The van der Waals surface area contributed by atoms with Crippen LogP contribution in [0.3, 0.4) is 0 Å². The zero-order valence-electron chi connectivity index (χ0n) is 11.6. The first-order chi connectivity index (χ1) is 10.7. The van der Waals surface area contributed by atoms with E-state index in [1.54, 1.807) is 0 Å². The molecule has 0 bridgehead atoms. The van der Waals surface area contributed by atoms with Crippen molar-refractivity contribution in [3.8, 4) is 5.75 Å². The molecule has 0 saturated heterocycles. The van der Waals surface area contributed by atoms with E-state index in [4.69, 9.17) is 28.6 Å². The van der Waals surface area contributed by atoms with Crippen molar-refractivity contribution in [3.63, 3.8) is 0 Å². The Morgan fingerprint density at radius 1 is 1.09 bits per heavy atom. The highest BCUT2D eigenvalue weighted by molar-refractivity contribution is 7.80. The average molecular weight is 329 g/mol. The maximum Gasteiger partial charge on any atom is 0.171 e. The van der Waals surface area contributed by atoms with Crippen molar-refractivity contribution in [3.05, 3.63) is 70.3 Å². The van der Waals surface area contributed by atoms with Gasteiger partial charge in [-0.15, -0.1) is 0 Å². The summed E-state index contributed by atoms with van der Waals surface area (Å²) in [7, 11) is 0. The largest absolute Gasteiger partial charge is 0.488 e. The number of benzene rings is 2. The number of rotatable bonds is 1.